The van der Waals surface area contributed by atoms with E-state index in [4.69, 9.17) is 46.4 Å². The van der Waals surface area contributed by atoms with Crippen molar-refractivity contribution < 1.29 is 67.2 Å². The molecule has 13 atom stereocenters. The summed E-state index contributed by atoms with van der Waals surface area (Å²) in [6.07, 6.45) is -6.44. The zero-order valence-electron chi connectivity index (χ0n) is 33.2. The van der Waals surface area contributed by atoms with E-state index in [1.54, 1.807) is 40.8 Å². The smallest absolute Gasteiger partial charge is 0.256 e. The lowest BCUT2D eigenvalue weighted by atomic mass is 9.89. The van der Waals surface area contributed by atoms with Crippen LogP contribution in [-0.4, -0.2) is 180 Å². The molecule has 24 nitrogen and oxygen atoms in total. The average molecular weight is 909 g/mol. The first-order valence-electron chi connectivity index (χ1n) is 19.9. The summed E-state index contributed by atoms with van der Waals surface area (Å²) in [5, 5.41) is 72.8. The molecule has 3 aromatic heterocycles. The molecule has 8 rings (SSSR count). The van der Waals surface area contributed by atoms with Gasteiger partial charge in [0.2, 0.25) is 22.2 Å². The molecule has 0 aliphatic carbocycles. The summed E-state index contributed by atoms with van der Waals surface area (Å²) in [7, 11) is -3.46. The third-order valence-corrected chi connectivity index (χ3v) is 13.6. The van der Waals surface area contributed by atoms with Crippen molar-refractivity contribution in [3.63, 3.8) is 0 Å². The van der Waals surface area contributed by atoms with Crippen molar-refractivity contribution in [2.24, 2.45) is 5.73 Å². The van der Waals surface area contributed by atoms with Crippen LogP contribution < -0.4 is 16.4 Å². The molecule has 4 unspecified atom stereocenters. The Balaban J connectivity index is 1.01. The van der Waals surface area contributed by atoms with E-state index in [1.165, 1.54) is 10.6 Å². The lowest BCUT2D eigenvalue weighted by Crippen LogP contribution is -2.64. The van der Waals surface area contributed by atoms with Crippen LogP contribution in [-0.2, 0) is 48.8 Å². The van der Waals surface area contributed by atoms with Crippen LogP contribution in [0.5, 0.6) is 0 Å². The Labute approximate surface area is 359 Å². The molecule has 8 heterocycles. The number of sulfonamides is 1. The minimum Gasteiger partial charge on any atom is -0.438 e. The highest BCUT2D eigenvalue weighted by Crippen LogP contribution is 2.38. The van der Waals surface area contributed by atoms with Crippen molar-refractivity contribution >= 4 is 44.4 Å². The molecule has 5 aliphatic heterocycles. The van der Waals surface area contributed by atoms with Gasteiger partial charge in [-0.25, -0.2) is 18.4 Å². The molecule has 9 N–H and O–H groups in total. The third-order valence-electron chi connectivity index (χ3n) is 11.8. The average Bonchev–Trinajstić information content (AvgIpc) is 4.07. The van der Waals surface area contributed by atoms with Crippen LogP contribution in [0.15, 0.2) is 31.0 Å². The van der Waals surface area contributed by atoms with E-state index >= 15 is 0 Å². The normalized spacial score (nSPS) is 34.8. The van der Waals surface area contributed by atoms with Gasteiger partial charge in [0.1, 0.15) is 48.0 Å². The minimum absolute atomic E-state index is 0.0272. The van der Waals surface area contributed by atoms with Crippen LogP contribution in [0.2, 0.25) is 0 Å². The molecule has 0 saturated carbocycles. The summed E-state index contributed by atoms with van der Waals surface area (Å²) < 4.78 is 63.7. The molecule has 62 heavy (non-hydrogen) atoms. The van der Waals surface area contributed by atoms with Crippen LogP contribution >= 0.6 is 12.2 Å². The number of ether oxygens (including phenoxy) is 6. The Bertz CT molecular complexity index is 2260. The molecule has 1 amide bonds. The molecule has 5 aliphatic rings. The van der Waals surface area contributed by atoms with Crippen LogP contribution in [0.1, 0.15) is 38.8 Å². The van der Waals surface area contributed by atoms with Gasteiger partial charge in [-0.15, -0.1) is 0 Å². The van der Waals surface area contributed by atoms with Gasteiger partial charge in [-0.05, 0) is 31.6 Å². The van der Waals surface area contributed by atoms with Gasteiger partial charge in [-0.2, -0.15) is 14.7 Å². The number of carbonyl (C=O) groups excluding carboxylic acids is 1. The Morgan fingerprint density at radius 3 is 2.60 bits per heavy atom. The fourth-order valence-corrected chi connectivity index (χ4v) is 9.75. The molecule has 0 radical (unpaired) electrons. The highest BCUT2D eigenvalue weighted by Gasteiger charge is 2.51. The van der Waals surface area contributed by atoms with E-state index in [0.29, 0.717) is 22.3 Å². The fourth-order valence-electron chi connectivity index (χ4n) is 8.41. The number of nitrogens with two attached hydrogens (primary N) is 1. The van der Waals surface area contributed by atoms with Crippen molar-refractivity contribution in [3.05, 3.63) is 31.0 Å². The lowest BCUT2D eigenvalue weighted by Gasteiger charge is -2.47. The van der Waals surface area contributed by atoms with E-state index in [1.807, 2.05) is 0 Å². The Hall–Kier alpha value is -4.05. The second kappa shape index (κ2) is 17.8. The third kappa shape index (κ3) is 8.75. The topological polar surface area (TPSA) is 333 Å². The van der Waals surface area contributed by atoms with Crippen LogP contribution in [0, 0.1) is 11.3 Å². The van der Waals surface area contributed by atoms with Crippen molar-refractivity contribution in [1.29, 1.82) is 5.26 Å². The van der Waals surface area contributed by atoms with E-state index < -0.39 is 107 Å². The molecule has 338 valence electrons. The first kappa shape index (κ1) is 44.6. The van der Waals surface area contributed by atoms with Crippen molar-refractivity contribution in [3.8, 4) is 17.3 Å². The van der Waals surface area contributed by atoms with E-state index in [-0.39, 0.29) is 57.7 Å². The summed E-state index contributed by atoms with van der Waals surface area (Å²) in [5.74, 6) is -0.567. The van der Waals surface area contributed by atoms with Crippen LogP contribution in [0.25, 0.3) is 22.3 Å². The number of amides is 1. The highest BCUT2D eigenvalue weighted by molar-refractivity contribution is 7.89. The number of nitrogens with one attached hydrogen (secondary N) is 2. The monoisotopic (exact) mass is 908 g/mol. The van der Waals surface area contributed by atoms with E-state index in [9.17, 15) is 44.0 Å². The number of aromatic nitrogens is 5. The van der Waals surface area contributed by atoms with Gasteiger partial charge in [0.15, 0.2) is 25.1 Å². The molecule has 0 aromatic carbocycles. The first-order valence-corrected chi connectivity index (χ1v) is 22.0. The molecular formula is C36H48N10O14S2. The number of aliphatic hydroxyl groups excluding tert-OH is 5. The van der Waals surface area contributed by atoms with Crippen molar-refractivity contribution in [2.45, 2.75) is 118 Å². The van der Waals surface area contributed by atoms with Gasteiger partial charge in [0.25, 0.3) is 5.17 Å². The number of carbonyl (C=O) groups is 1. The maximum Gasteiger partial charge on any atom is 0.256 e. The standard InChI is InChI=1S/C36H48N10O14S2/c1-2-62(53,54)44-14-36(15-44,4-5-37)46-12-17(10-42-46)26-19-3-6-45(29(19)41-16-40-26)31-28(50)27(24(57-31)13-55-33-22(48)8-23(49)34(59-33)60-35(38)61)43-30(51)20-7-18(11-39-20)56-25-9-21(47)32(52)58-25/h3,6,10,12,16,18,20-25,27-28,31-34,39,47-50,52H,2,4,7-9,11,13-15H2,1H3,(H2,38,61)(H,43,51)/t18-,20?,21+,22+,23?,24+,25+,27?,28+,31+,32-,33+,34?/m1/s1. The summed E-state index contributed by atoms with van der Waals surface area (Å²) in [6.45, 7) is 1.66. The number of rotatable bonds is 14. The minimum atomic E-state index is -3.46. The van der Waals surface area contributed by atoms with E-state index in [2.05, 4.69) is 31.8 Å². The summed E-state index contributed by atoms with van der Waals surface area (Å²) in [5.41, 5.74) is 5.96. The van der Waals surface area contributed by atoms with Gasteiger partial charge in [0.05, 0.1) is 54.9 Å². The highest BCUT2D eigenvalue weighted by atomic mass is 32.2. The predicted octanol–water partition coefficient (Wildman–Crippen LogP) is -3.44. The Kier molecular flexibility index (Phi) is 12.8. The molecule has 5 fully saturated rings. The van der Waals surface area contributed by atoms with Crippen LogP contribution in [0.4, 0.5) is 0 Å². The lowest BCUT2D eigenvalue weighted by molar-refractivity contribution is -0.312. The maximum absolute atomic E-state index is 13.8. The molecule has 0 spiro atoms. The summed E-state index contributed by atoms with van der Waals surface area (Å²) >= 11 is 4.78. The SMILES string of the molecule is CCS(=O)(=O)N1CC(CC#N)(n2cc(-c3ncnc4c3ccn4[C@H]3O[C@@H](CO[C@H]4OC(OC(N)=S)C(O)C[C@@H]4O)C(NC(=O)C4C[C@@H](O[C@@H]5C[C@H](O)[C@H](O)O5)CN4)[C@@H]3O)cn2)C1. The summed E-state index contributed by atoms with van der Waals surface area (Å²) in [4.78, 5) is 22.8. The second-order valence-electron chi connectivity index (χ2n) is 15.9. The fraction of sp³-hybridized carbons (Fsp3) is 0.667. The van der Waals surface area contributed by atoms with Crippen molar-refractivity contribution in [2.75, 3.05) is 32.0 Å². The Morgan fingerprint density at radius 1 is 1.11 bits per heavy atom. The number of hydrogen-bond donors (Lipinski definition) is 8. The van der Waals surface area contributed by atoms with E-state index in [0.717, 1.165) is 0 Å². The molecule has 3 aromatic rings. The zero-order valence-corrected chi connectivity index (χ0v) is 34.8. The molecule has 5 saturated heterocycles. The van der Waals surface area contributed by atoms with Gasteiger partial charge in [-0.1, -0.05) is 0 Å². The van der Waals surface area contributed by atoms with Crippen molar-refractivity contribution in [1.82, 2.24) is 39.3 Å². The molecular weight excluding hydrogens is 861 g/mol. The number of nitriles is 1. The number of nitrogens with zero attached hydrogens (tertiary/aromatic N) is 7. The first-order chi connectivity index (χ1) is 29.6. The number of thiocarbonyl (C=S) groups is 1. The number of fused-ring (bicyclic) bond motifs is 1. The van der Waals surface area contributed by atoms with Crippen LogP contribution in [0.3, 0.4) is 0 Å². The summed E-state index contributed by atoms with van der Waals surface area (Å²) in [6, 6.07) is 1.98. The second-order valence-corrected chi connectivity index (χ2v) is 18.6. The predicted molar refractivity (Wildman–Crippen MR) is 212 cm³/mol. The molecule has 0 bridgehead atoms. The van der Waals surface area contributed by atoms with Gasteiger partial charge >= 0.3 is 0 Å². The van der Waals surface area contributed by atoms with Gasteiger partial charge < -0.3 is 74.9 Å². The number of hydrogen-bond acceptors (Lipinski definition) is 20. The largest absolute Gasteiger partial charge is 0.438 e. The molecule has 26 heteroatoms. The Morgan fingerprint density at radius 2 is 1.89 bits per heavy atom. The quantitative estimate of drug-likeness (QED) is 0.0730. The number of aliphatic hydroxyl groups is 5. The van der Waals surface area contributed by atoms with Gasteiger partial charge in [0, 0.05) is 55.8 Å². The zero-order chi connectivity index (χ0) is 44.1. The van der Waals surface area contributed by atoms with Gasteiger partial charge in [-0.3, -0.25) is 9.48 Å². The maximum atomic E-state index is 13.8.